The molecule has 0 radical (unpaired) electrons. The molecule has 0 amide bonds. The summed E-state index contributed by atoms with van der Waals surface area (Å²) in [5.41, 5.74) is 0. The second-order valence-corrected chi connectivity index (χ2v) is 6.80. The monoisotopic (exact) mass is 305 g/mol. The molecule has 2 nitrogen and oxygen atoms in total. The molecule has 2 atom stereocenters. The highest BCUT2D eigenvalue weighted by Gasteiger charge is 2.23. The number of halogens is 1. The molecule has 2 unspecified atom stereocenters. The maximum absolute atomic E-state index is 5.57. The quantitative estimate of drug-likeness (QED) is 0.870. The lowest BCUT2D eigenvalue weighted by molar-refractivity contribution is 0.0356. The summed E-state index contributed by atoms with van der Waals surface area (Å²) >= 11 is 5.29. The lowest BCUT2D eigenvalue weighted by Gasteiger charge is -2.28. The van der Waals surface area contributed by atoms with Gasteiger partial charge < -0.3 is 10.1 Å². The van der Waals surface area contributed by atoms with E-state index in [4.69, 9.17) is 4.74 Å². The van der Waals surface area contributed by atoms with Crippen LogP contribution in [-0.2, 0) is 11.2 Å². The van der Waals surface area contributed by atoms with Crippen molar-refractivity contribution in [3.63, 3.8) is 0 Å². The fourth-order valence-electron chi connectivity index (χ4n) is 1.96. The van der Waals surface area contributed by atoms with Gasteiger partial charge in [0, 0.05) is 18.0 Å². The van der Waals surface area contributed by atoms with E-state index in [1.807, 2.05) is 7.05 Å². The molecule has 0 spiro atoms. The van der Waals surface area contributed by atoms with E-state index < -0.39 is 0 Å². The number of hydrogen-bond acceptors (Lipinski definition) is 3. The number of likely N-dealkylation sites (N-methyl/N-ethyl adjacent to an activating group) is 1. The van der Waals surface area contributed by atoms with Gasteiger partial charge in [0.1, 0.15) is 0 Å². The Labute approximate surface area is 111 Å². The molecule has 1 aromatic heterocycles. The summed E-state index contributed by atoms with van der Waals surface area (Å²) in [6.07, 6.45) is 1.27. The second kappa shape index (κ2) is 6.74. The minimum absolute atomic E-state index is 0.255. The van der Waals surface area contributed by atoms with Crippen molar-refractivity contribution in [2.24, 2.45) is 5.92 Å². The van der Waals surface area contributed by atoms with Gasteiger partial charge in [0.15, 0.2) is 0 Å². The maximum atomic E-state index is 5.57. The summed E-state index contributed by atoms with van der Waals surface area (Å²) in [6.45, 7) is 4.39. The topological polar surface area (TPSA) is 21.3 Å². The Morgan fingerprint density at radius 1 is 1.44 bits per heavy atom. The van der Waals surface area contributed by atoms with Crippen LogP contribution < -0.4 is 5.32 Å². The second-order valence-electron chi connectivity index (χ2n) is 4.25. The number of rotatable bonds is 6. The Balaban J connectivity index is 2.67. The van der Waals surface area contributed by atoms with Gasteiger partial charge in [0.2, 0.25) is 0 Å². The van der Waals surface area contributed by atoms with Crippen molar-refractivity contribution >= 4 is 27.3 Å². The highest BCUT2D eigenvalue weighted by molar-refractivity contribution is 9.11. The van der Waals surface area contributed by atoms with E-state index in [9.17, 15) is 0 Å². The highest BCUT2D eigenvalue weighted by Crippen LogP contribution is 2.24. The zero-order chi connectivity index (χ0) is 12.1. The maximum Gasteiger partial charge on any atom is 0.0750 e. The SMILES string of the molecule is CNC(Cc1ccc(Br)s1)C(OC)C(C)C. The smallest absolute Gasteiger partial charge is 0.0750 e. The molecule has 1 heterocycles. The summed E-state index contributed by atoms with van der Waals surface area (Å²) in [5, 5.41) is 3.36. The highest BCUT2D eigenvalue weighted by atomic mass is 79.9. The minimum atomic E-state index is 0.255. The first-order chi connectivity index (χ1) is 7.58. The van der Waals surface area contributed by atoms with Crippen LogP contribution in [0.25, 0.3) is 0 Å². The number of methoxy groups -OCH3 is 1. The summed E-state index contributed by atoms with van der Waals surface area (Å²) in [4.78, 5) is 1.38. The van der Waals surface area contributed by atoms with Crippen molar-refractivity contribution in [2.45, 2.75) is 32.4 Å². The third-order valence-corrected chi connectivity index (χ3v) is 4.39. The number of ether oxygens (including phenoxy) is 1. The molecule has 16 heavy (non-hydrogen) atoms. The van der Waals surface area contributed by atoms with E-state index in [-0.39, 0.29) is 6.10 Å². The molecular weight excluding hydrogens is 286 g/mol. The minimum Gasteiger partial charge on any atom is -0.380 e. The van der Waals surface area contributed by atoms with Crippen LogP contribution in [-0.4, -0.2) is 26.3 Å². The lowest BCUT2D eigenvalue weighted by Crippen LogP contribution is -2.43. The van der Waals surface area contributed by atoms with Crippen LogP contribution in [0.2, 0.25) is 0 Å². The molecule has 0 bridgehead atoms. The van der Waals surface area contributed by atoms with Crippen LogP contribution in [0.4, 0.5) is 0 Å². The third-order valence-electron chi connectivity index (χ3n) is 2.75. The average molecular weight is 306 g/mol. The fraction of sp³-hybridized carbons (Fsp3) is 0.667. The Morgan fingerprint density at radius 2 is 2.12 bits per heavy atom. The van der Waals surface area contributed by atoms with Crippen molar-refractivity contribution in [3.05, 3.63) is 20.8 Å². The van der Waals surface area contributed by atoms with Crippen LogP contribution in [0.1, 0.15) is 18.7 Å². The van der Waals surface area contributed by atoms with Crippen LogP contribution >= 0.6 is 27.3 Å². The Morgan fingerprint density at radius 3 is 2.50 bits per heavy atom. The molecule has 0 aliphatic heterocycles. The van der Waals surface area contributed by atoms with Gasteiger partial charge in [-0.3, -0.25) is 0 Å². The van der Waals surface area contributed by atoms with Crippen LogP contribution in [0, 0.1) is 5.92 Å². The van der Waals surface area contributed by atoms with E-state index in [0.29, 0.717) is 12.0 Å². The first kappa shape index (κ1) is 14.2. The molecule has 92 valence electrons. The molecule has 0 aromatic carbocycles. The first-order valence-electron chi connectivity index (χ1n) is 5.52. The summed E-state index contributed by atoms with van der Waals surface area (Å²) < 4.78 is 6.76. The van der Waals surface area contributed by atoms with Crippen molar-refractivity contribution in [2.75, 3.05) is 14.2 Å². The standard InChI is InChI=1S/C12H20BrNOS/c1-8(2)12(15-4)10(14-3)7-9-5-6-11(13)16-9/h5-6,8,10,12,14H,7H2,1-4H3. The summed E-state index contributed by atoms with van der Waals surface area (Å²) in [6, 6.07) is 4.64. The van der Waals surface area contributed by atoms with E-state index in [1.165, 1.54) is 8.66 Å². The molecule has 0 saturated carbocycles. The van der Waals surface area contributed by atoms with Gasteiger partial charge in [-0.2, -0.15) is 0 Å². The Bertz CT molecular complexity index is 314. The third kappa shape index (κ3) is 3.84. The number of nitrogens with one attached hydrogen (secondary N) is 1. The first-order valence-corrected chi connectivity index (χ1v) is 7.13. The number of hydrogen-bond donors (Lipinski definition) is 1. The van der Waals surface area contributed by atoms with Crippen molar-refractivity contribution in [1.29, 1.82) is 0 Å². The predicted octanol–water partition coefficient (Wildman–Crippen LogP) is 3.31. The van der Waals surface area contributed by atoms with Crippen LogP contribution in [0.5, 0.6) is 0 Å². The van der Waals surface area contributed by atoms with Crippen LogP contribution in [0.15, 0.2) is 15.9 Å². The van der Waals surface area contributed by atoms with Crippen molar-refractivity contribution in [3.8, 4) is 0 Å². The molecule has 0 fully saturated rings. The van der Waals surface area contributed by atoms with Crippen LogP contribution in [0.3, 0.4) is 0 Å². The van der Waals surface area contributed by atoms with Gasteiger partial charge in [-0.15, -0.1) is 11.3 Å². The van der Waals surface area contributed by atoms with Gasteiger partial charge in [0.05, 0.1) is 9.89 Å². The molecule has 1 rings (SSSR count). The van der Waals surface area contributed by atoms with Gasteiger partial charge in [0.25, 0.3) is 0 Å². The van der Waals surface area contributed by atoms with Crippen molar-refractivity contribution < 1.29 is 4.74 Å². The normalized spacial score (nSPS) is 15.4. The average Bonchev–Trinajstić information content (AvgIpc) is 2.63. The van der Waals surface area contributed by atoms with Gasteiger partial charge in [-0.25, -0.2) is 0 Å². The van der Waals surface area contributed by atoms with E-state index in [2.05, 4.69) is 47.2 Å². The largest absolute Gasteiger partial charge is 0.380 e. The molecule has 4 heteroatoms. The molecule has 0 aliphatic carbocycles. The summed E-state index contributed by atoms with van der Waals surface area (Å²) in [7, 11) is 3.79. The van der Waals surface area contributed by atoms with Crippen molar-refractivity contribution in [1.82, 2.24) is 5.32 Å². The Kier molecular flexibility index (Phi) is 5.97. The predicted molar refractivity (Wildman–Crippen MR) is 74.2 cm³/mol. The number of thiophene rings is 1. The molecule has 1 aromatic rings. The molecule has 0 aliphatic rings. The summed E-state index contributed by atoms with van der Waals surface area (Å²) in [5.74, 6) is 0.519. The fourth-order valence-corrected chi connectivity index (χ4v) is 3.50. The molecule has 1 N–H and O–H groups in total. The van der Waals surface area contributed by atoms with Gasteiger partial charge in [-0.1, -0.05) is 13.8 Å². The zero-order valence-corrected chi connectivity index (χ0v) is 12.7. The Hall–Kier alpha value is 0.1000. The van der Waals surface area contributed by atoms with E-state index in [0.717, 1.165) is 6.42 Å². The van der Waals surface area contributed by atoms with Gasteiger partial charge >= 0.3 is 0 Å². The lowest BCUT2D eigenvalue weighted by atomic mass is 9.96. The van der Waals surface area contributed by atoms with E-state index >= 15 is 0 Å². The molecule has 0 saturated heterocycles. The zero-order valence-electron chi connectivity index (χ0n) is 10.3. The van der Waals surface area contributed by atoms with E-state index in [1.54, 1.807) is 18.4 Å². The van der Waals surface area contributed by atoms with Gasteiger partial charge in [-0.05, 0) is 47.4 Å². The molecular formula is C12H20BrNOS.